The van der Waals surface area contributed by atoms with E-state index in [0.717, 1.165) is 5.69 Å². The van der Waals surface area contributed by atoms with Gasteiger partial charge in [0.05, 0.1) is 11.9 Å². The Morgan fingerprint density at radius 2 is 1.97 bits per heavy atom. The highest BCUT2D eigenvalue weighted by Gasteiger charge is 2.37. The number of aliphatic imine (C=N–C) groups is 2. The first-order valence-corrected chi connectivity index (χ1v) is 10.7. The van der Waals surface area contributed by atoms with Crippen molar-refractivity contribution >= 4 is 45.1 Å². The smallest absolute Gasteiger partial charge is 0.235 e. The molecule has 9 heteroatoms. The van der Waals surface area contributed by atoms with Crippen LogP contribution in [0.2, 0.25) is 0 Å². The van der Waals surface area contributed by atoms with Gasteiger partial charge in [0.25, 0.3) is 0 Å². The van der Waals surface area contributed by atoms with Crippen LogP contribution in [-0.4, -0.2) is 35.4 Å². The second-order valence-corrected chi connectivity index (χ2v) is 7.55. The Balaban J connectivity index is 1.63. The lowest BCUT2D eigenvalue weighted by atomic mass is 10.0. The van der Waals surface area contributed by atoms with E-state index in [-0.39, 0.29) is 17.2 Å². The molecular weight excluding hydrogens is 448 g/mol. The predicted octanol–water partition coefficient (Wildman–Crippen LogP) is 3.04. The largest absolute Gasteiger partial charge is 0.494 e. The number of para-hydroxylation sites is 1. The van der Waals surface area contributed by atoms with Crippen LogP contribution < -0.4 is 26.4 Å². The van der Waals surface area contributed by atoms with Gasteiger partial charge in [0, 0.05) is 17.4 Å². The van der Waals surface area contributed by atoms with Gasteiger partial charge in [-0.1, -0.05) is 40.2 Å². The van der Waals surface area contributed by atoms with Crippen LogP contribution >= 0.6 is 15.9 Å². The predicted molar refractivity (Wildman–Crippen MR) is 124 cm³/mol. The Hall–Kier alpha value is -3.07. The number of ether oxygens (including phenoxy) is 1. The molecular formula is C21H25BrN6O2. The number of rotatable bonds is 8. The molecule has 1 unspecified atom stereocenters. The van der Waals surface area contributed by atoms with Gasteiger partial charge < -0.3 is 21.5 Å². The highest BCUT2D eigenvalue weighted by Crippen LogP contribution is 2.31. The Bertz CT molecular complexity index is 950. The molecule has 8 nitrogen and oxygen atoms in total. The molecule has 158 valence electrons. The van der Waals surface area contributed by atoms with Gasteiger partial charge in [0.2, 0.25) is 17.8 Å². The fraction of sp³-hybridized carbons (Fsp3) is 0.286. The average Bonchev–Trinajstić information content (AvgIpc) is 2.71. The number of carbonyl (C=O) groups excluding carboxylic acids is 1. The summed E-state index contributed by atoms with van der Waals surface area (Å²) in [6, 6.07) is 17.0. The number of nitrogens with zero attached hydrogens (tertiary/aromatic N) is 3. The average molecular weight is 473 g/mol. The molecule has 0 aromatic heterocycles. The molecule has 2 aromatic carbocycles. The maximum atomic E-state index is 11.5. The molecule has 0 bridgehead atoms. The molecule has 0 saturated heterocycles. The highest BCUT2D eigenvalue weighted by molar-refractivity contribution is 9.09. The SMILES string of the molecule is CC1(CCCOc2cccc(NC(=O)CBr)c2)N=C(N)N=C(N)N1c1ccccc1. The number of halogens is 1. The molecule has 3 rings (SSSR count). The number of hydrogen-bond acceptors (Lipinski definition) is 7. The highest BCUT2D eigenvalue weighted by atomic mass is 79.9. The second kappa shape index (κ2) is 9.62. The number of carbonyl (C=O) groups is 1. The molecule has 0 fully saturated rings. The normalized spacial score (nSPS) is 18.4. The van der Waals surface area contributed by atoms with Crippen molar-refractivity contribution in [2.45, 2.75) is 25.4 Å². The van der Waals surface area contributed by atoms with Gasteiger partial charge in [-0.3, -0.25) is 9.69 Å². The fourth-order valence-corrected chi connectivity index (χ4v) is 3.49. The van der Waals surface area contributed by atoms with Crippen LogP contribution in [0.3, 0.4) is 0 Å². The van der Waals surface area contributed by atoms with E-state index in [2.05, 4.69) is 31.2 Å². The molecule has 0 aliphatic carbocycles. The van der Waals surface area contributed by atoms with E-state index in [1.165, 1.54) is 0 Å². The molecule has 1 amide bonds. The Morgan fingerprint density at radius 1 is 1.20 bits per heavy atom. The molecule has 5 N–H and O–H groups in total. The molecule has 0 saturated carbocycles. The molecule has 2 aromatic rings. The number of benzene rings is 2. The summed E-state index contributed by atoms with van der Waals surface area (Å²) < 4.78 is 5.87. The van der Waals surface area contributed by atoms with Gasteiger partial charge in [0.1, 0.15) is 11.4 Å². The van der Waals surface area contributed by atoms with E-state index in [1.807, 2.05) is 60.4 Å². The fourth-order valence-electron chi connectivity index (χ4n) is 3.35. The quantitative estimate of drug-likeness (QED) is 0.402. The van der Waals surface area contributed by atoms with Crippen molar-refractivity contribution in [1.82, 2.24) is 0 Å². The standard InChI is InChI=1S/C21H25BrN6O2/c1-21(27-19(23)26-20(24)28(21)16-8-3-2-4-9-16)11-6-12-30-17-10-5-7-15(13-17)25-18(29)14-22/h2-5,7-10,13H,6,11-12,14H2,1H3,(H,25,29)(H4,23,24,26,27). The first-order chi connectivity index (χ1) is 14.4. The zero-order valence-electron chi connectivity index (χ0n) is 16.7. The molecule has 30 heavy (non-hydrogen) atoms. The number of anilines is 2. The van der Waals surface area contributed by atoms with Crippen LogP contribution in [0.5, 0.6) is 5.75 Å². The van der Waals surface area contributed by atoms with Crippen LogP contribution in [0.1, 0.15) is 19.8 Å². The van der Waals surface area contributed by atoms with Crippen LogP contribution in [-0.2, 0) is 4.79 Å². The third kappa shape index (κ3) is 5.29. The van der Waals surface area contributed by atoms with Crippen molar-refractivity contribution in [3.05, 3.63) is 54.6 Å². The third-order valence-electron chi connectivity index (χ3n) is 4.61. The summed E-state index contributed by atoms with van der Waals surface area (Å²) >= 11 is 3.13. The topological polar surface area (TPSA) is 118 Å². The summed E-state index contributed by atoms with van der Waals surface area (Å²) in [4.78, 5) is 22.1. The Kier molecular flexibility index (Phi) is 6.94. The molecule has 1 atom stereocenters. The van der Waals surface area contributed by atoms with Crippen molar-refractivity contribution in [2.75, 3.05) is 22.2 Å². The monoisotopic (exact) mass is 472 g/mol. The van der Waals surface area contributed by atoms with E-state index in [1.54, 1.807) is 6.07 Å². The van der Waals surface area contributed by atoms with Gasteiger partial charge in [0.15, 0.2) is 0 Å². The summed E-state index contributed by atoms with van der Waals surface area (Å²) in [5.74, 6) is 1.04. The van der Waals surface area contributed by atoms with Crippen molar-refractivity contribution in [1.29, 1.82) is 0 Å². The minimum atomic E-state index is -0.674. The maximum absolute atomic E-state index is 11.5. The number of guanidine groups is 2. The van der Waals surface area contributed by atoms with Crippen LogP contribution in [0.4, 0.5) is 11.4 Å². The van der Waals surface area contributed by atoms with Gasteiger partial charge >= 0.3 is 0 Å². The molecule has 0 radical (unpaired) electrons. The second-order valence-electron chi connectivity index (χ2n) is 6.99. The van der Waals surface area contributed by atoms with Crippen molar-refractivity contribution in [2.24, 2.45) is 21.5 Å². The van der Waals surface area contributed by atoms with E-state index in [9.17, 15) is 4.79 Å². The maximum Gasteiger partial charge on any atom is 0.235 e. The van der Waals surface area contributed by atoms with Gasteiger partial charge in [-0.25, -0.2) is 4.99 Å². The van der Waals surface area contributed by atoms with Crippen LogP contribution in [0.25, 0.3) is 0 Å². The minimum absolute atomic E-state index is 0.118. The van der Waals surface area contributed by atoms with Crippen LogP contribution in [0, 0.1) is 0 Å². The van der Waals surface area contributed by atoms with Crippen molar-refractivity contribution < 1.29 is 9.53 Å². The van der Waals surface area contributed by atoms with E-state index < -0.39 is 5.66 Å². The molecule has 0 spiro atoms. The van der Waals surface area contributed by atoms with Crippen molar-refractivity contribution in [3.63, 3.8) is 0 Å². The number of alkyl halides is 1. The number of hydrogen-bond donors (Lipinski definition) is 3. The lowest BCUT2D eigenvalue weighted by Crippen LogP contribution is -2.56. The minimum Gasteiger partial charge on any atom is -0.494 e. The summed E-state index contributed by atoms with van der Waals surface area (Å²) in [6.07, 6.45) is 1.36. The summed E-state index contributed by atoms with van der Waals surface area (Å²) in [7, 11) is 0. The lowest BCUT2D eigenvalue weighted by Gasteiger charge is -2.41. The first kappa shape index (κ1) is 21.6. The zero-order valence-corrected chi connectivity index (χ0v) is 18.3. The van der Waals surface area contributed by atoms with E-state index in [0.29, 0.717) is 36.8 Å². The molecule has 1 heterocycles. The number of nitrogens with one attached hydrogen (secondary N) is 1. The van der Waals surface area contributed by atoms with Crippen LogP contribution in [0.15, 0.2) is 64.6 Å². The number of nitrogens with two attached hydrogens (primary N) is 2. The molecule has 1 aliphatic rings. The lowest BCUT2D eigenvalue weighted by molar-refractivity contribution is -0.113. The summed E-state index contributed by atoms with van der Waals surface area (Å²) in [5, 5.41) is 3.02. The van der Waals surface area contributed by atoms with E-state index >= 15 is 0 Å². The van der Waals surface area contributed by atoms with Gasteiger partial charge in [-0.15, -0.1) is 0 Å². The van der Waals surface area contributed by atoms with Crippen molar-refractivity contribution in [3.8, 4) is 5.75 Å². The zero-order chi connectivity index (χ0) is 21.6. The van der Waals surface area contributed by atoms with Gasteiger partial charge in [-0.05, 0) is 44.0 Å². The molecule has 1 aliphatic heterocycles. The van der Waals surface area contributed by atoms with E-state index in [4.69, 9.17) is 16.2 Å². The summed E-state index contributed by atoms with van der Waals surface area (Å²) in [6.45, 7) is 2.45. The Morgan fingerprint density at radius 3 is 2.70 bits per heavy atom. The first-order valence-electron chi connectivity index (χ1n) is 9.55. The Labute approximate surface area is 184 Å². The van der Waals surface area contributed by atoms with Gasteiger partial charge in [-0.2, -0.15) is 4.99 Å². The third-order valence-corrected chi connectivity index (χ3v) is 5.12. The number of amides is 1. The summed E-state index contributed by atoms with van der Waals surface area (Å²) in [5.41, 5.74) is 13.0.